The Hall–Kier alpha value is -3.03. The van der Waals surface area contributed by atoms with E-state index in [-0.39, 0.29) is 16.7 Å². The molecule has 0 unspecified atom stereocenters. The van der Waals surface area contributed by atoms with Crippen molar-refractivity contribution >= 4 is 32.9 Å². The highest BCUT2D eigenvalue weighted by atomic mass is 32.2. The van der Waals surface area contributed by atoms with Crippen LogP contribution in [0.4, 0.5) is 0 Å². The fourth-order valence-electron chi connectivity index (χ4n) is 3.72. The van der Waals surface area contributed by atoms with E-state index in [9.17, 15) is 13.2 Å². The van der Waals surface area contributed by atoms with E-state index in [4.69, 9.17) is 0 Å². The maximum atomic E-state index is 12.7. The largest absolute Gasteiger partial charge is 0.273 e. The molecule has 30 heavy (non-hydrogen) atoms. The van der Waals surface area contributed by atoms with Crippen LogP contribution in [0.3, 0.4) is 0 Å². The van der Waals surface area contributed by atoms with E-state index in [1.54, 1.807) is 36.5 Å². The van der Waals surface area contributed by atoms with Crippen molar-refractivity contribution in [3.05, 3.63) is 78.4 Å². The summed E-state index contributed by atoms with van der Waals surface area (Å²) in [4.78, 5) is 12.8. The van der Waals surface area contributed by atoms with E-state index in [1.165, 1.54) is 4.31 Å². The number of benzene rings is 3. The normalized spacial score (nSPS) is 16.1. The van der Waals surface area contributed by atoms with E-state index >= 15 is 0 Å². The summed E-state index contributed by atoms with van der Waals surface area (Å²) in [6.07, 6.45) is 2.60. The molecule has 154 valence electrons. The number of carbonyl (C=O) groups excluding carboxylic acids is 1. The van der Waals surface area contributed by atoms with Crippen molar-refractivity contribution in [2.45, 2.75) is 17.7 Å². The van der Waals surface area contributed by atoms with E-state index in [2.05, 4.69) is 10.5 Å². The van der Waals surface area contributed by atoms with Gasteiger partial charge >= 0.3 is 0 Å². The summed E-state index contributed by atoms with van der Waals surface area (Å²) < 4.78 is 26.9. The molecule has 1 fully saturated rings. The summed E-state index contributed by atoms with van der Waals surface area (Å²) >= 11 is 0. The minimum atomic E-state index is -3.51. The van der Waals surface area contributed by atoms with Crippen LogP contribution >= 0.6 is 0 Å². The SMILES string of the molecule is O=C(N/N=C\c1cccc2ccccc12)C1CCN(S(=O)(=O)c2ccccc2)CC1. The first-order chi connectivity index (χ1) is 14.6. The van der Waals surface area contributed by atoms with Gasteiger partial charge in [-0.25, -0.2) is 13.8 Å². The van der Waals surface area contributed by atoms with Crippen molar-refractivity contribution in [3.8, 4) is 0 Å². The Morgan fingerprint density at radius 3 is 2.37 bits per heavy atom. The van der Waals surface area contributed by atoms with Gasteiger partial charge in [0.1, 0.15) is 0 Å². The molecule has 0 aromatic heterocycles. The minimum absolute atomic E-state index is 0.178. The van der Waals surface area contributed by atoms with Gasteiger partial charge in [0.15, 0.2) is 0 Å². The summed E-state index contributed by atoms with van der Waals surface area (Å²) in [5, 5.41) is 6.30. The van der Waals surface area contributed by atoms with Crippen LogP contribution in [0.5, 0.6) is 0 Å². The van der Waals surface area contributed by atoms with Gasteiger partial charge in [0.2, 0.25) is 15.9 Å². The van der Waals surface area contributed by atoms with Gasteiger partial charge in [-0.05, 0) is 35.7 Å². The number of piperidine rings is 1. The summed E-state index contributed by atoms with van der Waals surface area (Å²) in [6, 6.07) is 22.3. The Balaban J connectivity index is 1.35. The van der Waals surface area contributed by atoms with Gasteiger partial charge < -0.3 is 0 Å². The Bertz CT molecular complexity index is 1160. The first-order valence-electron chi connectivity index (χ1n) is 9.91. The Morgan fingerprint density at radius 2 is 1.60 bits per heavy atom. The van der Waals surface area contributed by atoms with Crippen molar-refractivity contribution < 1.29 is 13.2 Å². The number of nitrogens with one attached hydrogen (secondary N) is 1. The molecule has 3 aromatic rings. The highest BCUT2D eigenvalue weighted by Crippen LogP contribution is 2.24. The van der Waals surface area contributed by atoms with E-state index < -0.39 is 10.0 Å². The van der Waals surface area contributed by atoms with Crippen molar-refractivity contribution in [2.75, 3.05) is 13.1 Å². The third kappa shape index (κ3) is 4.27. The van der Waals surface area contributed by atoms with Crippen LogP contribution in [-0.4, -0.2) is 37.9 Å². The third-order valence-electron chi connectivity index (χ3n) is 5.41. The maximum absolute atomic E-state index is 12.7. The lowest BCUT2D eigenvalue weighted by atomic mass is 9.98. The topological polar surface area (TPSA) is 78.8 Å². The van der Waals surface area contributed by atoms with Crippen LogP contribution in [0.1, 0.15) is 18.4 Å². The molecule has 1 N–H and O–H groups in total. The summed E-state index contributed by atoms with van der Waals surface area (Å²) in [7, 11) is -3.51. The molecule has 4 rings (SSSR count). The monoisotopic (exact) mass is 421 g/mol. The van der Waals surface area contributed by atoms with Crippen LogP contribution in [0, 0.1) is 5.92 Å². The summed E-state index contributed by atoms with van der Waals surface area (Å²) in [5.41, 5.74) is 3.54. The Morgan fingerprint density at radius 1 is 0.933 bits per heavy atom. The fourth-order valence-corrected chi connectivity index (χ4v) is 5.21. The van der Waals surface area contributed by atoms with Crippen molar-refractivity contribution in [3.63, 3.8) is 0 Å². The van der Waals surface area contributed by atoms with Gasteiger partial charge in [0, 0.05) is 24.6 Å². The number of rotatable bonds is 5. The van der Waals surface area contributed by atoms with Gasteiger partial charge in [-0.15, -0.1) is 0 Å². The Labute approximate surface area is 176 Å². The van der Waals surface area contributed by atoms with Gasteiger partial charge in [-0.1, -0.05) is 60.7 Å². The molecule has 1 saturated heterocycles. The summed E-state index contributed by atoms with van der Waals surface area (Å²) in [5.74, 6) is -0.430. The molecule has 1 aliphatic heterocycles. The zero-order valence-electron chi connectivity index (χ0n) is 16.4. The number of hydrogen-bond acceptors (Lipinski definition) is 4. The van der Waals surface area contributed by atoms with Gasteiger partial charge in [-0.3, -0.25) is 4.79 Å². The van der Waals surface area contributed by atoms with Crippen LogP contribution in [0.15, 0.2) is 82.8 Å². The second kappa shape index (κ2) is 8.77. The lowest BCUT2D eigenvalue weighted by Crippen LogP contribution is -2.42. The fraction of sp³-hybridized carbons (Fsp3) is 0.217. The minimum Gasteiger partial charge on any atom is -0.273 e. The molecule has 0 bridgehead atoms. The quantitative estimate of drug-likeness (QED) is 0.507. The molecule has 0 saturated carbocycles. The predicted molar refractivity (Wildman–Crippen MR) is 118 cm³/mol. The predicted octanol–water partition coefficient (Wildman–Crippen LogP) is 3.39. The lowest BCUT2D eigenvalue weighted by Gasteiger charge is -2.30. The molecule has 1 aliphatic rings. The number of nitrogens with zero attached hydrogens (tertiary/aromatic N) is 2. The molecule has 0 spiro atoms. The van der Waals surface area contributed by atoms with Crippen LogP contribution in [0.25, 0.3) is 10.8 Å². The molecule has 0 atom stereocenters. The smallest absolute Gasteiger partial charge is 0.243 e. The van der Waals surface area contributed by atoms with Crippen LogP contribution in [0.2, 0.25) is 0 Å². The average molecular weight is 422 g/mol. The molecule has 0 radical (unpaired) electrons. The van der Waals surface area contributed by atoms with Crippen LogP contribution in [-0.2, 0) is 14.8 Å². The number of amides is 1. The van der Waals surface area contributed by atoms with Crippen molar-refractivity contribution in [2.24, 2.45) is 11.0 Å². The zero-order valence-corrected chi connectivity index (χ0v) is 17.3. The second-order valence-electron chi connectivity index (χ2n) is 7.29. The molecule has 1 heterocycles. The lowest BCUT2D eigenvalue weighted by molar-refractivity contribution is -0.126. The first kappa shape index (κ1) is 20.3. The standard InChI is InChI=1S/C23H23N3O3S/c27-23(25-24-17-20-9-6-8-18-7-4-5-12-22(18)20)19-13-15-26(16-14-19)30(28,29)21-10-2-1-3-11-21/h1-12,17,19H,13-16H2,(H,25,27)/b24-17-. The highest BCUT2D eigenvalue weighted by molar-refractivity contribution is 7.89. The number of carbonyl (C=O) groups is 1. The number of fused-ring (bicyclic) bond motifs is 1. The number of hydrazone groups is 1. The average Bonchev–Trinajstić information content (AvgIpc) is 2.80. The van der Waals surface area contributed by atoms with Gasteiger partial charge in [0.25, 0.3) is 0 Å². The Kier molecular flexibility index (Phi) is 5.92. The molecule has 3 aromatic carbocycles. The highest BCUT2D eigenvalue weighted by Gasteiger charge is 2.31. The molecule has 1 amide bonds. The third-order valence-corrected chi connectivity index (χ3v) is 7.32. The molecular weight excluding hydrogens is 398 g/mol. The zero-order chi connectivity index (χ0) is 21.0. The summed E-state index contributed by atoms with van der Waals surface area (Å²) in [6.45, 7) is 0.644. The number of hydrogen-bond donors (Lipinski definition) is 1. The van der Waals surface area contributed by atoms with E-state index in [0.717, 1.165) is 16.3 Å². The first-order valence-corrected chi connectivity index (χ1v) is 11.4. The second-order valence-corrected chi connectivity index (χ2v) is 9.23. The van der Waals surface area contributed by atoms with E-state index in [0.29, 0.717) is 25.9 Å². The molecule has 6 nitrogen and oxygen atoms in total. The molecule has 7 heteroatoms. The molecule has 0 aliphatic carbocycles. The van der Waals surface area contributed by atoms with Crippen LogP contribution < -0.4 is 5.43 Å². The van der Waals surface area contributed by atoms with Gasteiger partial charge in [0.05, 0.1) is 11.1 Å². The van der Waals surface area contributed by atoms with Crippen molar-refractivity contribution in [1.82, 2.24) is 9.73 Å². The van der Waals surface area contributed by atoms with E-state index in [1.807, 2.05) is 42.5 Å². The number of sulfonamides is 1. The molecular formula is C23H23N3O3S. The van der Waals surface area contributed by atoms with Crippen molar-refractivity contribution in [1.29, 1.82) is 0 Å². The van der Waals surface area contributed by atoms with Gasteiger partial charge in [-0.2, -0.15) is 9.41 Å². The maximum Gasteiger partial charge on any atom is 0.243 e.